The van der Waals surface area contributed by atoms with E-state index in [9.17, 15) is 4.79 Å². The van der Waals surface area contributed by atoms with E-state index >= 15 is 0 Å². The molecule has 0 aliphatic heterocycles. The predicted molar refractivity (Wildman–Crippen MR) is 105 cm³/mol. The van der Waals surface area contributed by atoms with Crippen molar-refractivity contribution in [1.29, 1.82) is 0 Å². The molecule has 0 saturated heterocycles. The number of aryl methyl sites for hydroxylation is 1. The van der Waals surface area contributed by atoms with E-state index < -0.39 is 0 Å². The summed E-state index contributed by atoms with van der Waals surface area (Å²) in [7, 11) is 0. The minimum Gasteiger partial charge on any atom is -0.455 e. The maximum Gasteiger partial charge on any atom is 0.240 e. The smallest absolute Gasteiger partial charge is 0.240 e. The molecule has 132 valence electrons. The third kappa shape index (κ3) is 4.97. The summed E-state index contributed by atoms with van der Waals surface area (Å²) in [5.41, 5.74) is 4.35. The first-order valence-electron chi connectivity index (χ1n) is 8.03. The van der Waals surface area contributed by atoms with E-state index in [-0.39, 0.29) is 5.91 Å². The minimum absolute atomic E-state index is 0.155. The van der Waals surface area contributed by atoms with Crippen LogP contribution in [0.3, 0.4) is 0 Å². The first kappa shape index (κ1) is 18.2. The van der Waals surface area contributed by atoms with Crippen molar-refractivity contribution in [1.82, 2.24) is 5.43 Å². The molecule has 0 bridgehead atoms. The zero-order chi connectivity index (χ0) is 18.4. The molecule has 0 fully saturated rings. The van der Waals surface area contributed by atoms with Crippen molar-refractivity contribution in [3.05, 3.63) is 82.0 Å². The molecule has 6 heteroatoms. The Hall–Kier alpha value is -2.56. The maximum atomic E-state index is 11.8. The van der Waals surface area contributed by atoms with Crippen LogP contribution in [0.1, 0.15) is 17.7 Å². The number of furan rings is 1. The van der Waals surface area contributed by atoms with Crippen LogP contribution in [0.2, 0.25) is 10.0 Å². The highest BCUT2D eigenvalue weighted by Crippen LogP contribution is 2.31. The Morgan fingerprint density at radius 1 is 1.08 bits per heavy atom. The molecule has 3 aromatic rings. The van der Waals surface area contributed by atoms with Crippen molar-refractivity contribution < 1.29 is 9.21 Å². The molecule has 0 saturated carbocycles. The lowest BCUT2D eigenvalue weighted by atomic mass is 10.1. The molecule has 1 heterocycles. The SMILES string of the molecule is O=C(CCc1ccccc1)N/N=C/c1ccc(-c2ccc(Cl)cc2Cl)o1. The second kappa shape index (κ2) is 8.70. The van der Waals surface area contributed by atoms with Gasteiger partial charge in [0.15, 0.2) is 0 Å². The molecule has 1 N–H and O–H groups in total. The second-order valence-corrected chi connectivity index (χ2v) is 6.45. The van der Waals surface area contributed by atoms with E-state index in [2.05, 4.69) is 10.5 Å². The summed E-state index contributed by atoms with van der Waals surface area (Å²) < 4.78 is 5.67. The fraction of sp³-hybridized carbons (Fsp3) is 0.100. The lowest BCUT2D eigenvalue weighted by molar-refractivity contribution is -0.121. The van der Waals surface area contributed by atoms with Crippen LogP contribution >= 0.6 is 23.2 Å². The van der Waals surface area contributed by atoms with Crippen molar-refractivity contribution in [2.24, 2.45) is 5.10 Å². The number of halogens is 2. The van der Waals surface area contributed by atoms with Crippen molar-refractivity contribution in [2.45, 2.75) is 12.8 Å². The highest BCUT2D eigenvalue weighted by atomic mass is 35.5. The van der Waals surface area contributed by atoms with Crippen LogP contribution < -0.4 is 5.43 Å². The molecule has 0 radical (unpaired) electrons. The average molecular weight is 387 g/mol. The van der Waals surface area contributed by atoms with Gasteiger partial charge in [-0.2, -0.15) is 5.10 Å². The van der Waals surface area contributed by atoms with Gasteiger partial charge in [-0.1, -0.05) is 53.5 Å². The Morgan fingerprint density at radius 2 is 1.88 bits per heavy atom. The van der Waals surface area contributed by atoms with Gasteiger partial charge in [-0.15, -0.1) is 0 Å². The number of hydrogen-bond acceptors (Lipinski definition) is 3. The van der Waals surface area contributed by atoms with Crippen LogP contribution in [-0.4, -0.2) is 12.1 Å². The van der Waals surface area contributed by atoms with Gasteiger partial charge in [-0.25, -0.2) is 5.43 Å². The van der Waals surface area contributed by atoms with Crippen molar-refractivity contribution >= 4 is 35.3 Å². The summed E-state index contributed by atoms with van der Waals surface area (Å²) in [6, 6.07) is 18.5. The van der Waals surface area contributed by atoms with Crippen molar-refractivity contribution in [2.75, 3.05) is 0 Å². The molecule has 26 heavy (non-hydrogen) atoms. The number of rotatable bonds is 6. The largest absolute Gasteiger partial charge is 0.455 e. The number of carbonyl (C=O) groups is 1. The maximum absolute atomic E-state index is 11.8. The number of amides is 1. The molecular weight excluding hydrogens is 371 g/mol. The summed E-state index contributed by atoms with van der Waals surface area (Å²) in [6.07, 6.45) is 2.49. The van der Waals surface area contributed by atoms with Gasteiger partial charge in [0.05, 0.1) is 11.2 Å². The number of nitrogens with one attached hydrogen (secondary N) is 1. The summed E-state index contributed by atoms with van der Waals surface area (Å²) in [5, 5.41) is 4.99. The Kier molecular flexibility index (Phi) is 6.10. The van der Waals surface area contributed by atoms with E-state index in [4.69, 9.17) is 27.6 Å². The van der Waals surface area contributed by atoms with Crippen LogP contribution in [0, 0.1) is 0 Å². The van der Waals surface area contributed by atoms with Crippen molar-refractivity contribution in [3.63, 3.8) is 0 Å². The molecule has 0 aliphatic carbocycles. The fourth-order valence-corrected chi connectivity index (χ4v) is 2.88. The normalized spacial score (nSPS) is 11.0. The lowest BCUT2D eigenvalue weighted by Gasteiger charge is -2.01. The van der Waals surface area contributed by atoms with E-state index in [1.165, 1.54) is 6.21 Å². The van der Waals surface area contributed by atoms with Gasteiger partial charge in [-0.3, -0.25) is 4.79 Å². The molecule has 1 amide bonds. The summed E-state index contributed by atoms with van der Waals surface area (Å²) in [6.45, 7) is 0. The van der Waals surface area contributed by atoms with Crippen LogP contribution in [0.25, 0.3) is 11.3 Å². The summed E-state index contributed by atoms with van der Waals surface area (Å²) in [5.74, 6) is 0.954. The molecule has 3 rings (SSSR count). The van der Waals surface area contributed by atoms with E-state index in [1.807, 2.05) is 30.3 Å². The fourth-order valence-electron chi connectivity index (χ4n) is 2.38. The Bertz CT molecular complexity index is 921. The van der Waals surface area contributed by atoms with Gasteiger partial charge in [0.1, 0.15) is 11.5 Å². The van der Waals surface area contributed by atoms with E-state index in [1.54, 1.807) is 30.3 Å². The first-order valence-corrected chi connectivity index (χ1v) is 8.78. The van der Waals surface area contributed by atoms with E-state index in [0.717, 1.165) is 11.1 Å². The number of hydrogen-bond donors (Lipinski definition) is 1. The average Bonchev–Trinajstić information content (AvgIpc) is 3.09. The predicted octanol–water partition coefficient (Wildman–Crippen LogP) is 5.34. The molecule has 4 nitrogen and oxygen atoms in total. The highest BCUT2D eigenvalue weighted by molar-refractivity contribution is 6.36. The molecule has 1 aromatic heterocycles. The molecule has 0 atom stereocenters. The van der Waals surface area contributed by atoms with Gasteiger partial charge < -0.3 is 4.42 Å². The van der Waals surface area contributed by atoms with E-state index in [0.29, 0.717) is 34.4 Å². The molecule has 0 aliphatic rings. The van der Waals surface area contributed by atoms with Gasteiger partial charge in [-0.05, 0) is 42.3 Å². The number of benzene rings is 2. The Morgan fingerprint density at radius 3 is 2.65 bits per heavy atom. The third-order valence-corrected chi connectivity index (χ3v) is 4.24. The number of hydrazone groups is 1. The standard InChI is InChI=1S/C20H16Cl2N2O2/c21-15-7-9-17(18(22)12-15)19-10-8-16(26-19)13-23-24-20(25)11-6-14-4-2-1-3-5-14/h1-5,7-10,12-13H,6,11H2,(H,24,25)/b23-13+. The molecule has 0 unspecified atom stereocenters. The number of carbonyl (C=O) groups excluding carboxylic acids is 1. The molecular formula is C20H16Cl2N2O2. The topological polar surface area (TPSA) is 54.6 Å². The van der Waals surface area contributed by atoms with Crippen LogP contribution in [0.4, 0.5) is 0 Å². The summed E-state index contributed by atoms with van der Waals surface area (Å²) in [4.78, 5) is 11.8. The van der Waals surface area contributed by atoms with Crippen LogP contribution in [-0.2, 0) is 11.2 Å². The Balaban J connectivity index is 1.54. The quantitative estimate of drug-likeness (QED) is 0.459. The zero-order valence-corrected chi connectivity index (χ0v) is 15.3. The van der Waals surface area contributed by atoms with Crippen LogP contribution in [0.5, 0.6) is 0 Å². The molecule has 0 spiro atoms. The van der Waals surface area contributed by atoms with Crippen LogP contribution in [0.15, 0.2) is 70.2 Å². The van der Waals surface area contributed by atoms with Gasteiger partial charge in [0.2, 0.25) is 5.91 Å². The van der Waals surface area contributed by atoms with Crippen molar-refractivity contribution in [3.8, 4) is 11.3 Å². The van der Waals surface area contributed by atoms with Gasteiger partial charge >= 0.3 is 0 Å². The van der Waals surface area contributed by atoms with Gasteiger partial charge in [0, 0.05) is 17.0 Å². The third-order valence-electron chi connectivity index (χ3n) is 3.69. The Labute approximate surface area is 161 Å². The molecule has 2 aromatic carbocycles. The first-order chi connectivity index (χ1) is 12.6. The highest BCUT2D eigenvalue weighted by Gasteiger charge is 2.08. The zero-order valence-electron chi connectivity index (χ0n) is 13.8. The second-order valence-electron chi connectivity index (χ2n) is 5.60. The minimum atomic E-state index is -0.155. The van der Waals surface area contributed by atoms with Gasteiger partial charge in [0.25, 0.3) is 0 Å². The lowest BCUT2D eigenvalue weighted by Crippen LogP contribution is -2.17. The summed E-state index contributed by atoms with van der Waals surface area (Å²) >= 11 is 12.1. The monoisotopic (exact) mass is 386 g/mol. The number of nitrogens with zero attached hydrogens (tertiary/aromatic N) is 1.